The summed E-state index contributed by atoms with van der Waals surface area (Å²) in [6.45, 7) is 9.31. The summed E-state index contributed by atoms with van der Waals surface area (Å²) in [5.41, 5.74) is 2.53. The predicted molar refractivity (Wildman–Crippen MR) is 85.2 cm³/mol. The maximum Gasteiger partial charge on any atom is 0.104 e. The van der Waals surface area contributed by atoms with E-state index in [9.17, 15) is 0 Å². The second-order valence-electron chi connectivity index (χ2n) is 6.12. The number of benzene rings is 1. The van der Waals surface area contributed by atoms with Gasteiger partial charge in [-0.2, -0.15) is 5.10 Å². The van der Waals surface area contributed by atoms with E-state index in [-0.39, 0.29) is 0 Å². The van der Waals surface area contributed by atoms with Crippen LogP contribution in [-0.2, 0) is 6.42 Å². The zero-order chi connectivity index (χ0) is 13.9. The molecular weight excluding hydrogens is 248 g/mol. The number of rotatable bonds is 5. The molecule has 1 aromatic heterocycles. The molecule has 1 aromatic carbocycles. The van der Waals surface area contributed by atoms with Crippen LogP contribution in [0, 0.1) is 0 Å². The monoisotopic (exact) mass is 272 g/mol. The van der Waals surface area contributed by atoms with E-state index in [0.29, 0.717) is 0 Å². The van der Waals surface area contributed by atoms with Crippen LogP contribution in [0.1, 0.15) is 25.5 Å². The van der Waals surface area contributed by atoms with Crippen LogP contribution < -0.4 is 5.32 Å². The molecule has 0 aliphatic carbocycles. The molecular formula is C16H24N2Si. The summed E-state index contributed by atoms with van der Waals surface area (Å²) in [6.07, 6.45) is 3.56. The molecule has 0 atom stereocenters. The highest BCUT2D eigenvalue weighted by Gasteiger charge is 2.22. The first-order valence-electron chi connectivity index (χ1n) is 7.17. The van der Waals surface area contributed by atoms with E-state index in [0.717, 1.165) is 6.42 Å². The summed E-state index contributed by atoms with van der Waals surface area (Å²) >= 11 is 0. The van der Waals surface area contributed by atoms with Gasteiger partial charge >= 0.3 is 0 Å². The minimum absolute atomic E-state index is 1.11. The molecule has 1 heterocycles. The molecule has 0 fully saturated rings. The van der Waals surface area contributed by atoms with Crippen molar-refractivity contribution < 1.29 is 0 Å². The van der Waals surface area contributed by atoms with E-state index in [2.05, 4.69) is 67.6 Å². The fourth-order valence-electron chi connectivity index (χ4n) is 2.12. The van der Waals surface area contributed by atoms with Crippen molar-refractivity contribution in [3.63, 3.8) is 0 Å². The predicted octanol–water partition coefficient (Wildman–Crippen LogP) is 3.76. The molecule has 0 amide bonds. The van der Waals surface area contributed by atoms with Gasteiger partial charge < -0.3 is 0 Å². The quantitative estimate of drug-likeness (QED) is 0.758. The number of hydrogen-bond donors (Lipinski definition) is 0. The SMILES string of the molecule is CCCCc1cc([Si](C)(C)C)nn1-c1ccccc1. The van der Waals surface area contributed by atoms with E-state index in [1.165, 1.54) is 29.5 Å². The smallest absolute Gasteiger partial charge is 0.104 e. The Bertz CT molecular complexity index is 523. The Morgan fingerprint density at radius 1 is 1.11 bits per heavy atom. The lowest BCUT2D eigenvalue weighted by atomic mass is 10.2. The first kappa shape index (κ1) is 14.1. The van der Waals surface area contributed by atoms with E-state index < -0.39 is 8.07 Å². The van der Waals surface area contributed by atoms with Crippen LogP contribution in [0.15, 0.2) is 36.4 Å². The second-order valence-corrected chi connectivity index (χ2v) is 11.1. The Hall–Kier alpha value is -1.35. The first-order valence-corrected chi connectivity index (χ1v) is 10.7. The highest BCUT2D eigenvalue weighted by molar-refractivity contribution is 6.88. The van der Waals surface area contributed by atoms with Gasteiger partial charge in [0, 0.05) is 11.0 Å². The molecule has 0 saturated carbocycles. The molecule has 102 valence electrons. The first-order chi connectivity index (χ1) is 9.02. The zero-order valence-electron chi connectivity index (χ0n) is 12.5. The lowest BCUT2D eigenvalue weighted by molar-refractivity contribution is 0.730. The van der Waals surface area contributed by atoms with Crippen molar-refractivity contribution in [2.24, 2.45) is 0 Å². The summed E-state index contributed by atoms with van der Waals surface area (Å²) < 4.78 is 2.14. The average Bonchev–Trinajstić information content (AvgIpc) is 2.81. The van der Waals surface area contributed by atoms with Gasteiger partial charge in [0.05, 0.1) is 5.69 Å². The van der Waals surface area contributed by atoms with Gasteiger partial charge in [0.25, 0.3) is 0 Å². The lowest BCUT2D eigenvalue weighted by Gasteiger charge is -2.11. The maximum absolute atomic E-state index is 4.88. The Labute approximate surface area is 117 Å². The number of aromatic nitrogens is 2. The van der Waals surface area contributed by atoms with Crippen molar-refractivity contribution in [2.75, 3.05) is 0 Å². The molecule has 2 nitrogen and oxygen atoms in total. The number of unbranched alkanes of at least 4 members (excludes halogenated alkanes) is 1. The van der Waals surface area contributed by atoms with Gasteiger partial charge in [-0.15, -0.1) is 0 Å². The normalized spacial score (nSPS) is 11.8. The Balaban J connectivity index is 2.43. The van der Waals surface area contributed by atoms with Gasteiger partial charge in [-0.05, 0) is 31.0 Å². The van der Waals surface area contributed by atoms with Crippen molar-refractivity contribution in [1.29, 1.82) is 0 Å². The van der Waals surface area contributed by atoms with Crippen LogP contribution in [0.4, 0.5) is 0 Å². The van der Waals surface area contributed by atoms with Crippen LogP contribution in [0.5, 0.6) is 0 Å². The molecule has 2 aromatic rings. The summed E-state index contributed by atoms with van der Waals surface area (Å²) in [5.74, 6) is 0. The van der Waals surface area contributed by atoms with Crippen molar-refractivity contribution in [1.82, 2.24) is 9.78 Å². The topological polar surface area (TPSA) is 17.8 Å². The zero-order valence-corrected chi connectivity index (χ0v) is 13.5. The third-order valence-electron chi connectivity index (χ3n) is 3.34. The van der Waals surface area contributed by atoms with Gasteiger partial charge in [0.1, 0.15) is 8.07 Å². The minimum atomic E-state index is -1.35. The fraction of sp³-hybridized carbons (Fsp3) is 0.438. The standard InChI is InChI=1S/C16H24N2Si/c1-5-6-10-15-13-16(19(2,3)4)17-18(15)14-11-8-7-9-12-14/h7-9,11-13H,5-6,10H2,1-4H3. The third-order valence-corrected chi connectivity index (χ3v) is 5.12. The van der Waals surface area contributed by atoms with Crippen LogP contribution >= 0.6 is 0 Å². The fourth-order valence-corrected chi connectivity index (χ4v) is 3.11. The van der Waals surface area contributed by atoms with Crippen molar-refractivity contribution in [3.8, 4) is 5.69 Å². The lowest BCUT2D eigenvalue weighted by Crippen LogP contribution is -2.39. The van der Waals surface area contributed by atoms with E-state index in [4.69, 9.17) is 5.10 Å². The highest BCUT2D eigenvalue weighted by atomic mass is 28.3. The summed E-state index contributed by atoms with van der Waals surface area (Å²) in [6, 6.07) is 12.8. The molecule has 0 aliphatic rings. The van der Waals surface area contributed by atoms with Gasteiger partial charge in [-0.1, -0.05) is 51.2 Å². The summed E-state index contributed by atoms with van der Waals surface area (Å²) in [4.78, 5) is 0. The third kappa shape index (κ3) is 3.35. The Morgan fingerprint density at radius 3 is 2.37 bits per heavy atom. The van der Waals surface area contributed by atoms with E-state index in [1.807, 2.05) is 0 Å². The summed E-state index contributed by atoms with van der Waals surface area (Å²) in [5, 5.41) is 6.19. The van der Waals surface area contributed by atoms with Crippen LogP contribution in [0.2, 0.25) is 19.6 Å². The van der Waals surface area contributed by atoms with Crippen LogP contribution in [0.25, 0.3) is 5.69 Å². The van der Waals surface area contributed by atoms with Gasteiger partial charge in [-0.3, -0.25) is 0 Å². The Morgan fingerprint density at radius 2 is 1.79 bits per heavy atom. The molecule has 0 N–H and O–H groups in total. The molecule has 2 rings (SSSR count). The van der Waals surface area contributed by atoms with Gasteiger partial charge in [0.15, 0.2) is 0 Å². The molecule has 0 unspecified atom stereocenters. The van der Waals surface area contributed by atoms with E-state index in [1.54, 1.807) is 0 Å². The number of para-hydroxylation sites is 1. The maximum atomic E-state index is 4.88. The molecule has 0 spiro atoms. The number of aryl methyl sites for hydroxylation is 1. The molecule has 3 heteroatoms. The van der Waals surface area contributed by atoms with Crippen molar-refractivity contribution in [2.45, 2.75) is 45.8 Å². The largest absolute Gasteiger partial charge is 0.238 e. The molecule has 0 aliphatic heterocycles. The highest BCUT2D eigenvalue weighted by Crippen LogP contribution is 2.13. The number of nitrogens with zero attached hydrogens (tertiary/aromatic N) is 2. The molecule has 19 heavy (non-hydrogen) atoms. The number of hydrogen-bond acceptors (Lipinski definition) is 1. The van der Waals surface area contributed by atoms with Gasteiger partial charge in [0.2, 0.25) is 0 Å². The van der Waals surface area contributed by atoms with Crippen LogP contribution in [0.3, 0.4) is 0 Å². The summed E-state index contributed by atoms with van der Waals surface area (Å²) in [7, 11) is -1.35. The van der Waals surface area contributed by atoms with Crippen molar-refractivity contribution >= 4 is 13.4 Å². The molecule has 0 saturated heterocycles. The second kappa shape index (κ2) is 5.74. The van der Waals surface area contributed by atoms with Gasteiger partial charge in [-0.25, -0.2) is 4.68 Å². The Kier molecular flexibility index (Phi) is 4.25. The van der Waals surface area contributed by atoms with Crippen LogP contribution in [-0.4, -0.2) is 17.9 Å². The van der Waals surface area contributed by atoms with Crippen molar-refractivity contribution in [3.05, 3.63) is 42.1 Å². The average molecular weight is 272 g/mol. The molecule has 0 radical (unpaired) electrons. The minimum Gasteiger partial charge on any atom is -0.238 e. The molecule has 0 bridgehead atoms. The van der Waals surface area contributed by atoms with E-state index >= 15 is 0 Å².